The summed E-state index contributed by atoms with van der Waals surface area (Å²) in [5, 5.41) is 3.31. The van der Waals surface area contributed by atoms with E-state index < -0.39 is 9.84 Å². The van der Waals surface area contributed by atoms with Crippen molar-refractivity contribution in [2.45, 2.75) is 56.1 Å². The van der Waals surface area contributed by atoms with Gasteiger partial charge in [0.1, 0.15) is 11.9 Å². The lowest BCUT2D eigenvalue weighted by molar-refractivity contribution is 0.118. The van der Waals surface area contributed by atoms with Crippen molar-refractivity contribution in [2.24, 2.45) is 0 Å². The lowest BCUT2D eigenvalue weighted by Crippen LogP contribution is -2.43. The van der Waals surface area contributed by atoms with Gasteiger partial charge in [0.15, 0.2) is 9.84 Å². The third kappa shape index (κ3) is 4.20. The SMILES string of the molecule is CCCS(=O)(=O)c1ccc(OC2CCCCC2NC)cc1. The van der Waals surface area contributed by atoms with Gasteiger partial charge in [0.25, 0.3) is 0 Å². The Labute approximate surface area is 127 Å². The highest BCUT2D eigenvalue weighted by Crippen LogP contribution is 2.25. The third-order valence-corrected chi connectivity index (χ3v) is 5.95. The summed E-state index contributed by atoms with van der Waals surface area (Å²) in [6.45, 7) is 1.87. The van der Waals surface area contributed by atoms with Crippen LogP contribution in [0.5, 0.6) is 5.75 Å². The largest absolute Gasteiger partial charge is 0.489 e. The van der Waals surface area contributed by atoms with Crippen LogP contribution >= 0.6 is 0 Å². The molecule has 21 heavy (non-hydrogen) atoms. The van der Waals surface area contributed by atoms with Crippen LogP contribution in [0.1, 0.15) is 39.0 Å². The molecule has 0 radical (unpaired) electrons. The number of likely N-dealkylation sites (N-methyl/N-ethyl adjacent to an activating group) is 1. The number of hydrogen-bond donors (Lipinski definition) is 1. The van der Waals surface area contributed by atoms with Crippen LogP contribution in [0, 0.1) is 0 Å². The predicted molar refractivity (Wildman–Crippen MR) is 84.5 cm³/mol. The van der Waals surface area contributed by atoms with Gasteiger partial charge in [-0.25, -0.2) is 8.42 Å². The molecule has 1 aromatic carbocycles. The topological polar surface area (TPSA) is 55.4 Å². The highest BCUT2D eigenvalue weighted by Gasteiger charge is 2.25. The highest BCUT2D eigenvalue weighted by atomic mass is 32.2. The fourth-order valence-electron chi connectivity index (χ4n) is 2.86. The van der Waals surface area contributed by atoms with Crippen LogP contribution in [0.15, 0.2) is 29.2 Å². The molecule has 1 aliphatic carbocycles. The molecule has 4 nitrogen and oxygen atoms in total. The second-order valence-electron chi connectivity index (χ2n) is 5.63. The Morgan fingerprint density at radius 1 is 1.19 bits per heavy atom. The Kier molecular flexibility index (Phi) is 5.65. The first kappa shape index (κ1) is 16.3. The molecule has 0 heterocycles. The van der Waals surface area contributed by atoms with Gasteiger partial charge in [-0.15, -0.1) is 0 Å². The van der Waals surface area contributed by atoms with E-state index in [0.29, 0.717) is 17.4 Å². The number of nitrogens with one attached hydrogen (secondary N) is 1. The molecular formula is C16H25NO3S. The molecule has 1 aliphatic rings. The molecule has 0 saturated heterocycles. The van der Waals surface area contributed by atoms with Crippen molar-refractivity contribution in [2.75, 3.05) is 12.8 Å². The van der Waals surface area contributed by atoms with Gasteiger partial charge in [0.2, 0.25) is 0 Å². The fourth-order valence-corrected chi connectivity index (χ4v) is 4.18. The van der Waals surface area contributed by atoms with Crippen molar-refractivity contribution in [1.29, 1.82) is 0 Å². The molecule has 0 aliphatic heterocycles. The zero-order chi connectivity index (χ0) is 15.3. The van der Waals surface area contributed by atoms with E-state index in [1.165, 1.54) is 12.8 Å². The van der Waals surface area contributed by atoms with Crippen molar-refractivity contribution >= 4 is 9.84 Å². The molecule has 1 aromatic rings. The quantitative estimate of drug-likeness (QED) is 0.877. The van der Waals surface area contributed by atoms with E-state index in [-0.39, 0.29) is 11.9 Å². The molecule has 0 spiro atoms. The Morgan fingerprint density at radius 2 is 1.86 bits per heavy atom. The van der Waals surface area contributed by atoms with Gasteiger partial charge in [-0.2, -0.15) is 0 Å². The summed E-state index contributed by atoms with van der Waals surface area (Å²) in [7, 11) is -1.18. The Bertz CT molecular complexity index is 539. The fraction of sp³-hybridized carbons (Fsp3) is 0.625. The molecule has 2 unspecified atom stereocenters. The monoisotopic (exact) mass is 311 g/mol. The number of benzene rings is 1. The molecule has 0 bridgehead atoms. The molecule has 5 heteroatoms. The minimum absolute atomic E-state index is 0.168. The molecule has 0 aromatic heterocycles. The van der Waals surface area contributed by atoms with E-state index in [2.05, 4.69) is 5.32 Å². The summed E-state index contributed by atoms with van der Waals surface area (Å²) in [5.74, 6) is 0.940. The number of ether oxygens (including phenoxy) is 1. The van der Waals surface area contributed by atoms with E-state index in [0.717, 1.165) is 18.6 Å². The molecular weight excluding hydrogens is 286 g/mol. The van der Waals surface area contributed by atoms with Gasteiger partial charge in [-0.1, -0.05) is 13.3 Å². The van der Waals surface area contributed by atoms with E-state index in [1.807, 2.05) is 14.0 Å². The van der Waals surface area contributed by atoms with Gasteiger partial charge >= 0.3 is 0 Å². The molecule has 118 valence electrons. The minimum atomic E-state index is -3.14. The molecule has 2 atom stereocenters. The van der Waals surface area contributed by atoms with Crippen molar-refractivity contribution in [3.63, 3.8) is 0 Å². The van der Waals surface area contributed by atoms with Crippen molar-refractivity contribution in [3.05, 3.63) is 24.3 Å². The minimum Gasteiger partial charge on any atom is -0.489 e. The van der Waals surface area contributed by atoms with Crippen LogP contribution in [-0.4, -0.2) is 33.4 Å². The second-order valence-corrected chi connectivity index (χ2v) is 7.74. The first-order chi connectivity index (χ1) is 10.1. The summed E-state index contributed by atoms with van der Waals surface area (Å²) in [5.41, 5.74) is 0. The lowest BCUT2D eigenvalue weighted by Gasteiger charge is -2.31. The van der Waals surface area contributed by atoms with Crippen molar-refractivity contribution in [3.8, 4) is 5.75 Å². The predicted octanol–water partition coefficient (Wildman–Crippen LogP) is 2.78. The molecule has 1 N–H and O–H groups in total. The summed E-state index contributed by atoms with van der Waals surface area (Å²) < 4.78 is 30.0. The standard InChI is InChI=1S/C16H25NO3S/c1-3-12-21(18,19)14-10-8-13(9-11-14)20-16-7-5-4-6-15(16)17-2/h8-11,15-17H,3-7,12H2,1-2H3. The second kappa shape index (κ2) is 7.27. The summed E-state index contributed by atoms with van der Waals surface area (Å²) in [4.78, 5) is 0.380. The molecule has 1 fully saturated rings. The van der Waals surface area contributed by atoms with Gasteiger partial charge in [0.05, 0.1) is 10.6 Å². The van der Waals surface area contributed by atoms with Crippen LogP contribution in [0.2, 0.25) is 0 Å². The number of sulfone groups is 1. The first-order valence-electron chi connectivity index (χ1n) is 7.73. The summed E-state index contributed by atoms with van der Waals surface area (Å²) in [6.07, 6.45) is 5.39. The maximum absolute atomic E-state index is 12.0. The average molecular weight is 311 g/mol. The smallest absolute Gasteiger partial charge is 0.178 e. The van der Waals surface area contributed by atoms with Crippen LogP contribution in [0.25, 0.3) is 0 Å². The Balaban J connectivity index is 2.05. The van der Waals surface area contributed by atoms with Crippen molar-refractivity contribution in [1.82, 2.24) is 5.32 Å². The summed E-state index contributed by atoms with van der Waals surface area (Å²) >= 11 is 0. The third-order valence-electron chi connectivity index (χ3n) is 4.02. The lowest BCUT2D eigenvalue weighted by atomic mass is 9.92. The van der Waals surface area contributed by atoms with Gasteiger partial charge < -0.3 is 10.1 Å². The number of rotatable bonds is 6. The van der Waals surface area contributed by atoms with E-state index in [1.54, 1.807) is 24.3 Å². The summed E-state index contributed by atoms with van der Waals surface area (Å²) in [6, 6.07) is 7.21. The molecule has 0 amide bonds. The first-order valence-corrected chi connectivity index (χ1v) is 9.39. The number of hydrogen-bond acceptors (Lipinski definition) is 4. The maximum Gasteiger partial charge on any atom is 0.178 e. The van der Waals surface area contributed by atoms with Gasteiger partial charge in [0, 0.05) is 6.04 Å². The zero-order valence-electron chi connectivity index (χ0n) is 12.8. The molecule has 1 saturated carbocycles. The van der Waals surface area contributed by atoms with Gasteiger partial charge in [-0.05, 0) is 57.0 Å². The molecule has 2 rings (SSSR count). The van der Waals surface area contributed by atoms with Crippen LogP contribution in [0.3, 0.4) is 0 Å². The Morgan fingerprint density at radius 3 is 2.48 bits per heavy atom. The highest BCUT2D eigenvalue weighted by molar-refractivity contribution is 7.91. The maximum atomic E-state index is 12.0. The zero-order valence-corrected chi connectivity index (χ0v) is 13.7. The van der Waals surface area contributed by atoms with Crippen LogP contribution in [-0.2, 0) is 9.84 Å². The van der Waals surface area contributed by atoms with E-state index in [4.69, 9.17) is 4.74 Å². The van der Waals surface area contributed by atoms with Crippen LogP contribution in [0.4, 0.5) is 0 Å². The van der Waals surface area contributed by atoms with Gasteiger partial charge in [-0.3, -0.25) is 0 Å². The average Bonchev–Trinajstić information content (AvgIpc) is 2.48. The normalized spacial score (nSPS) is 23.0. The van der Waals surface area contributed by atoms with E-state index in [9.17, 15) is 8.42 Å². The van der Waals surface area contributed by atoms with Crippen molar-refractivity contribution < 1.29 is 13.2 Å². The van der Waals surface area contributed by atoms with Crippen LogP contribution < -0.4 is 10.1 Å². The Hall–Kier alpha value is -1.07. The van der Waals surface area contributed by atoms with E-state index >= 15 is 0 Å².